The van der Waals surface area contributed by atoms with Crippen LogP contribution in [0.3, 0.4) is 0 Å². The Labute approximate surface area is 113 Å². The number of carbonyl (C=O) groups excluding carboxylic acids is 1. The summed E-state index contributed by atoms with van der Waals surface area (Å²) in [6, 6.07) is 0.239. The first-order chi connectivity index (χ1) is 8.36. The topological polar surface area (TPSA) is 44.4 Å². The van der Waals surface area contributed by atoms with E-state index in [0.717, 1.165) is 25.9 Å². The number of nitrogens with one attached hydrogen (secondary N) is 2. The molecule has 0 saturated carbocycles. The Hall–Kier alpha value is -0.610. The molecule has 2 atom stereocenters. The highest BCUT2D eigenvalue weighted by molar-refractivity contribution is 5.81. The van der Waals surface area contributed by atoms with Crippen LogP contribution in [-0.4, -0.2) is 50.1 Å². The average molecular weight is 257 g/mol. The molecule has 4 heteroatoms. The van der Waals surface area contributed by atoms with Gasteiger partial charge in [0, 0.05) is 19.1 Å². The quantitative estimate of drug-likeness (QED) is 0.657. The predicted molar refractivity (Wildman–Crippen MR) is 77.7 cm³/mol. The first-order valence-electron chi connectivity index (χ1n) is 7.05. The van der Waals surface area contributed by atoms with Gasteiger partial charge in [0.2, 0.25) is 5.91 Å². The van der Waals surface area contributed by atoms with Gasteiger partial charge in [0.1, 0.15) is 0 Å². The van der Waals surface area contributed by atoms with E-state index < -0.39 is 0 Å². The zero-order chi connectivity index (χ0) is 14.1. The van der Waals surface area contributed by atoms with Gasteiger partial charge in [-0.2, -0.15) is 0 Å². The molecule has 2 N–H and O–H groups in total. The average Bonchev–Trinajstić information content (AvgIpc) is 2.23. The summed E-state index contributed by atoms with van der Waals surface area (Å²) in [5.74, 6) is 0.734. The molecule has 0 aliphatic rings. The highest BCUT2D eigenvalue weighted by Gasteiger charge is 2.18. The lowest BCUT2D eigenvalue weighted by molar-refractivity contribution is -0.123. The summed E-state index contributed by atoms with van der Waals surface area (Å²) >= 11 is 0. The van der Waals surface area contributed by atoms with E-state index in [2.05, 4.69) is 50.4 Å². The van der Waals surface area contributed by atoms with Crippen molar-refractivity contribution in [3.63, 3.8) is 0 Å². The first kappa shape index (κ1) is 17.4. The number of hydrogen-bond acceptors (Lipinski definition) is 3. The summed E-state index contributed by atoms with van der Waals surface area (Å²) < 4.78 is 0. The van der Waals surface area contributed by atoms with Gasteiger partial charge < -0.3 is 15.5 Å². The van der Waals surface area contributed by atoms with Crippen molar-refractivity contribution in [2.24, 2.45) is 5.92 Å². The second-order valence-electron chi connectivity index (χ2n) is 5.77. The van der Waals surface area contributed by atoms with Crippen LogP contribution in [0, 0.1) is 5.92 Å². The molecular weight excluding hydrogens is 226 g/mol. The lowest BCUT2D eigenvalue weighted by atomic mass is 10.0. The van der Waals surface area contributed by atoms with Gasteiger partial charge in [0.15, 0.2) is 0 Å². The van der Waals surface area contributed by atoms with E-state index in [4.69, 9.17) is 0 Å². The number of hydrogen-bond donors (Lipinski definition) is 2. The fourth-order valence-electron chi connectivity index (χ4n) is 2.04. The fraction of sp³-hybridized carbons (Fsp3) is 0.929. The third kappa shape index (κ3) is 8.48. The van der Waals surface area contributed by atoms with Crippen molar-refractivity contribution in [3.8, 4) is 0 Å². The molecule has 18 heavy (non-hydrogen) atoms. The van der Waals surface area contributed by atoms with Gasteiger partial charge in [-0.3, -0.25) is 4.79 Å². The van der Waals surface area contributed by atoms with Gasteiger partial charge in [-0.15, -0.1) is 0 Å². The second kappa shape index (κ2) is 9.34. The molecule has 0 saturated heterocycles. The lowest BCUT2D eigenvalue weighted by Gasteiger charge is -2.27. The fourth-order valence-corrected chi connectivity index (χ4v) is 2.04. The van der Waals surface area contributed by atoms with Gasteiger partial charge >= 0.3 is 0 Å². The molecule has 108 valence electrons. The first-order valence-corrected chi connectivity index (χ1v) is 7.05. The summed E-state index contributed by atoms with van der Waals surface area (Å²) in [6.45, 7) is 10.1. The maximum atomic E-state index is 11.8. The standard InChI is InChI=1S/C14H31N3O/c1-7-8-15-14(18)12(4)16-13(9-11(2)3)10-17(5)6/h11-13,16H,7-10H2,1-6H3,(H,15,18). The van der Waals surface area contributed by atoms with Gasteiger partial charge in [-0.1, -0.05) is 20.8 Å². The Balaban J connectivity index is 4.23. The summed E-state index contributed by atoms with van der Waals surface area (Å²) in [4.78, 5) is 14.0. The van der Waals surface area contributed by atoms with E-state index in [-0.39, 0.29) is 11.9 Å². The SMILES string of the molecule is CCCNC(=O)C(C)NC(CC(C)C)CN(C)C. The van der Waals surface area contributed by atoms with E-state index in [9.17, 15) is 4.79 Å². The van der Waals surface area contributed by atoms with Crippen molar-refractivity contribution in [2.75, 3.05) is 27.2 Å². The van der Waals surface area contributed by atoms with Crippen molar-refractivity contribution in [1.82, 2.24) is 15.5 Å². The van der Waals surface area contributed by atoms with E-state index in [1.54, 1.807) is 0 Å². The number of rotatable bonds is 9. The molecule has 4 nitrogen and oxygen atoms in total. The highest BCUT2D eigenvalue weighted by Crippen LogP contribution is 2.06. The van der Waals surface area contributed by atoms with Crippen LogP contribution in [0.1, 0.15) is 40.5 Å². The molecule has 0 heterocycles. The van der Waals surface area contributed by atoms with Crippen LogP contribution < -0.4 is 10.6 Å². The summed E-state index contributed by atoms with van der Waals surface area (Å²) in [6.07, 6.45) is 2.06. The van der Waals surface area contributed by atoms with Gasteiger partial charge in [-0.25, -0.2) is 0 Å². The molecule has 0 rings (SSSR count). The summed E-state index contributed by atoms with van der Waals surface area (Å²) in [5, 5.41) is 6.36. The van der Waals surface area contributed by atoms with Crippen molar-refractivity contribution in [3.05, 3.63) is 0 Å². The Bertz CT molecular complexity index is 219. The lowest BCUT2D eigenvalue weighted by Crippen LogP contribution is -2.50. The zero-order valence-electron chi connectivity index (χ0n) is 12.9. The number of nitrogens with zero attached hydrogens (tertiary/aromatic N) is 1. The van der Waals surface area contributed by atoms with Gasteiger partial charge in [0.05, 0.1) is 6.04 Å². The molecule has 2 unspecified atom stereocenters. The smallest absolute Gasteiger partial charge is 0.236 e. The summed E-state index contributed by atoms with van der Waals surface area (Å²) in [5.41, 5.74) is 0. The normalized spacial score (nSPS) is 14.9. The molecule has 0 aromatic carbocycles. The Morgan fingerprint density at radius 3 is 2.28 bits per heavy atom. The molecule has 0 spiro atoms. The molecule has 0 fully saturated rings. The molecule has 0 radical (unpaired) electrons. The molecular formula is C14H31N3O. The van der Waals surface area contributed by atoms with E-state index in [1.165, 1.54) is 0 Å². The van der Waals surface area contributed by atoms with Crippen LogP contribution in [0.2, 0.25) is 0 Å². The van der Waals surface area contributed by atoms with Crippen molar-refractivity contribution < 1.29 is 4.79 Å². The van der Waals surface area contributed by atoms with Gasteiger partial charge in [0.25, 0.3) is 0 Å². The van der Waals surface area contributed by atoms with Gasteiger partial charge in [-0.05, 0) is 39.8 Å². The minimum Gasteiger partial charge on any atom is -0.355 e. The molecule has 0 aliphatic carbocycles. The molecule has 1 amide bonds. The van der Waals surface area contributed by atoms with Crippen LogP contribution in [0.15, 0.2) is 0 Å². The Morgan fingerprint density at radius 2 is 1.83 bits per heavy atom. The van der Waals surface area contributed by atoms with Crippen molar-refractivity contribution in [2.45, 2.75) is 52.6 Å². The van der Waals surface area contributed by atoms with Crippen molar-refractivity contribution in [1.29, 1.82) is 0 Å². The Kier molecular flexibility index (Phi) is 9.02. The number of carbonyl (C=O) groups is 1. The largest absolute Gasteiger partial charge is 0.355 e. The van der Waals surface area contributed by atoms with Crippen LogP contribution in [0.5, 0.6) is 0 Å². The third-order valence-electron chi connectivity index (χ3n) is 2.77. The second-order valence-corrected chi connectivity index (χ2v) is 5.77. The van der Waals surface area contributed by atoms with E-state index >= 15 is 0 Å². The number of amides is 1. The van der Waals surface area contributed by atoms with E-state index in [0.29, 0.717) is 12.0 Å². The maximum Gasteiger partial charge on any atom is 0.236 e. The monoisotopic (exact) mass is 257 g/mol. The molecule has 0 aromatic rings. The Morgan fingerprint density at radius 1 is 1.22 bits per heavy atom. The van der Waals surface area contributed by atoms with Crippen LogP contribution in [0.4, 0.5) is 0 Å². The zero-order valence-corrected chi connectivity index (χ0v) is 12.9. The minimum atomic E-state index is -0.125. The third-order valence-corrected chi connectivity index (χ3v) is 2.77. The minimum absolute atomic E-state index is 0.101. The predicted octanol–water partition coefficient (Wildman–Crippen LogP) is 1.47. The number of likely N-dealkylation sites (N-methyl/N-ethyl adjacent to an activating group) is 1. The van der Waals surface area contributed by atoms with Crippen LogP contribution in [0.25, 0.3) is 0 Å². The summed E-state index contributed by atoms with van der Waals surface area (Å²) in [7, 11) is 4.13. The maximum absolute atomic E-state index is 11.8. The molecule has 0 bridgehead atoms. The molecule has 0 aromatic heterocycles. The van der Waals surface area contributed by atoms with Crippen LogP contribution >= 0.6 is 0 Å². The van der Waals surface area contributed by atoms with E-state index in [1.807, 2.05) is 6.92 Å². The van der Waals surface area contributed by atoms with Crippen molar-refractivity contribution >= 4 is 5.91 Å². The molecule has 0 aliphatic heterocycles. The van der Waals surface area contributed by atoms with Crippen LogP contribution in [-0.2, 0) is 4.79 Å². The highest BCUT2D eigenvalue weighted by atomic mass is 16.2.